The number of carbonyl (C=O) groups is 2. The highest BCUT2D eigenvalue weighted by Gasteiger charge is 2.16. The molecule has 2 aromatic rings. The van der Waals surface area contributed by atoms with E-state index in [-0.39, 0.29) is 5.57 Å². The quantitative estimate of drug-likeness (QED) is 0.359. The van der Waals surface area contributed by atoms with Crippen LogP contribution < -0.4 is 0 Å². The van der Waals surface area contributed by atoms with Gasteiger partial charge in [-0.1, -0.05) is 23.2 Å². The summed E-state index contributed by atoms with van der Waals surface area (Å²) in [4.78, 5) is 23.0. The van der Waals surface area contributed by atoms with Crippen LogP contribution >= 0.6 is 23.2 Å². The topological polar surface area (TPSA) is 56.5 Å². The summed E-state index contributed by atoms with van der Waals surface area (Å²) in [5, 5.41) is 1.00. The van der Waals surface area contributed by atoms with Gasteiger partial charge in [-0.2, -0.15) is 0 Å². The van der Waals surface area contributed by atoms with E-state index in [1.807, 2.05) is 0 Å². The molecule has 0 N–H and O–H groups in total. The number of hydrogen-bond donors (Lipinski definition) is 0. The highest BCUT2D eigenvalue weighted by Crippen LogP contribution is 2.32. The van der Waals surface area contributed by atoms with Crippen LogP contribution in [0.3, 0.4) is 0 Å². The number of halogens is 2. The number of benzene rings is 1. The standard InChI is InChI=1S/C16H12Cl2O4/c1-9(19)12(16(20)21-2)8-11-4-6-15(22-11)13-7-10(17)3-5-14(13)18/h3-8H,1-2H3/b12-8+. The van der Waals surface area contributed by atoms with Crippen molar-refractivity contribution in [2.45, 2.75) is 6.92 Å². The minimum atomic E-state index is -0.716. The van der Waals surface area contributed by atoms with Crippen LogP contribution in [0.15, 0.2) is 40.3 Å². The second-order valence-electron chi connectivity index (χ2n) is 4.43. The lowest BCUT2D eigenvalue weighted by molar-refractivity contribution is -0.137. The maximum atomic E-state index is 11.5. The highest BCUT2D eigenvalue weighted by atomic mass is 35.5. The fourth-order valence-corrected chi connectivity index (χ4v) is 2.20. The van der Waals surface area contributed by atoms with Crippen molar-refractivity contribution in [1.29, 1.82) is 0 Å². The minimum Gasteiger partial charge on any atom is -0.465 e. The zero-order valence-corrected chi connectivity index (χ0v) is 13.4. The second-order valence-corrected chi connectivity index (χ2v) is 5.28. The first-order valence-corrected chi connectivity index (χ1v) is 7.04. The first-order chi connectivity index (χ1) is 10.4. The Balaban J connectivity index is 2.41. The van der Waals surface area contributed by atoms with Crippen LogP contribution in [0.25, 0.3) is 17.4 Å². The summed E-state index contributed by atoms with van der Waals surface area (Å²) in [5.41, 5.74) is 0.525. The molecule has 0 saturated heterocycles. The summed E-state index contributed by atoms with van der Waals surface area (Å²) >= 11 is 12.0. The lowest BCUT2D eigenvalue weighted by Gasteiger charge is -2.02. The van der Waals surface area contributed by atoms with Gasteiger partial charge in [0.05, 0.1) is 12.1 Å². The molecular weight excluding hydrogens is 327 g/mol. The highest BCUT2D eigenvalue weighted by molar-refractivity contribution is 6.35. The van der Waals surface area contributed by atoms with Crippen LogP contribution in [0, 0.1) is 0 Å². The lowest BCUT2D eigenvalue weighted by Crippen LogP contribution is -2.11. The number of esters is 1. The molecule has 0 amide bonds. The Hall–Kier alpha value is -2.04. The third kappa shape index (κ3) is 3.59. The van der Waals surface area contributed by atoms with Gasteiger partial charge in [-0.05, 0) is 43.3 Å². The predicted molar refractivity (Wildman–Crippen MR) is 84.8 cm³/mol. The third-order valence-electron chi connectivity index (χ3n) is 2.89. The minimum absolute atomic E-state index is 0.0967. The number of methoxy groups -OCH3 is 1. The van der Waals surface area contributed by atoms with Crippen LogP contribution in [0.1, 0.15) is 12.7 Å². The monoisotopic (exact) mass is 338 g/mol. The average molecular weight is 339 g/mol. The maximum Gasteiger partial charge on any atom is 0.341 e. The van der Waals surface area contributed by atoms with E-state index in [0.29, 0.717) is 27.1 Å². The summed E-state index contributed by atoms with van der Waals surface area (Å²) < 4.78 is 10.2. The Morgan fingerprint density at radius 3 is 2.55 bits per heavy atom. The molecule has 0 unspecified atom stereocenters. The molecule has 4 nitrogen and oxygen atoms in total. The summed E-state index contributed by atoms with van der Waals surface area (Å²) in [6.07, 6.45) is 1.33. The van der Waals surface area contributed by atoms with E-state index in [1.54, 1.807) is 30.3 Å². The molecule has 114 valence electrons. The van der Waals surface area contributed by atoms with Crippen molar-refractivity contribution in [2.75, 3.05) is 7.11 Å². The number of Topliss-reactive ketones (excluding diaryl/α,β-unsaturated/α-hetero) is 1. The van der Waals surface area contributed by atoms with Crippen LogP contribution in [-0.2, 0) is 14.3 Å². The van der Waals surface area contributed by atoms with Crippen LogP contribution in [0.2, 0.25) is 10.0 Å². The summed E-state index contributed by atoms with van der Waals surface area (Å²) in [6.45, 7) is 1.28. The SMILES string of the molecule is COC(=O)/C(=C/c1ccc(-c2cc(Cl)ccc2Cl)o1)C(C)=O. The molecule has 0 fully saturated rings. The molecule has 0 aliphatic heterocycles. The van der Waals surface area contributed by atoms with Crippen molar-refractivity contribution < 1.29 is 18.7 Å². The Morgan fingerprint density at radius 2 is 1.91 bits per heavy atom. The number of hydrogen-bond acceptors (Lipinski definition) is 4. The average Bonchev–Trinajstić information content (AvgIpc) is 2.94. The molecular formula is C16H12Cl2O4. The van der Waals surface area contributed by atoms with Gasteiger partial charge in [-0.15, -0.1) is 0 Å². The van der Waals surface area contributed by atoms with E-state index in [0.717, 1.165) is 0 Å². The van der Waals surface area contributed by atoms with Crippen LogP contribution in [-0.4, -0.2) is 18.9 Å². The molecule has 0 aliphatic carbocycles. The van der Waals surface area contributed by atoms with E-state index in [1.165, 1.54) is 20.1 Å². The Bertz CT molecular complexity index is 759. The van der Waals surface area contributed by atoms with Gasteiger partial charge in [-0.3, -0.25) is 4.79 Å². The first-order valence-electron chi connectivity index (χ1n) is 6.28. The molecule has 22 heavy (non-hydrogen) atoms. The van der Waals surface area contributed by atoms with Gasteiger partial charge >= 0.3 is 5.97 Å². The Kier molecular flexibility index (Phi) is 5.06. The molecule has 0 spiro atoms. The van der Waals surface area contributed by atoms with Gasteiger partial charge in [-0.25, -0.2) is 4.79 Å². The Labute approximate surface area is 137 Å². The number of carbonyl (C=O) groups excluding carboxylic acids is 2. The lowest BCUT2D eigenvalue weighted by atomic mass is 10.1. The molecule has 1 aromatic carbocycles. The van der Waals surface area contributed by atoms with Crippen molar-refractivity contribution in [3.8, 4) is 11.3 Å². The third-order valence-corrected chi connectivity index (χ3v) is 3.46. The van der Waals surface area contributed by atoms with E-state index in [2.05, 4.69) is 4.74 Å². The van der Waals surface area contributed by atoms with Gasteiger partial charge < -0.3 is 9.15 Å². The van der Waals surface area contributed by atoms with Crippen LogP contribution in [0.4, 0.5) is 0 Å². The number of ether oxygens (including phenoxy) is 1. The van der Waals surface area contributed by atoms with Crippen molar-refractivity contribution >= 4 is 41.0 Å². The van der Waals surface area contributed by atoms with E-state index < -0.39 is 11.8 Å². The Morgan fingerprint density at radius 1 is 1.18 bits per heavy atom. The number of furan rings is 1. The summed E-state index contributed by atoms with van der Waals surface area (Å²) in [6, 6.07) is 8.30. The number of rotatable bonds is 4. The smallest absolute Gasteiger partial charge is 0.341 e. The normalized spacial score (nSPS) is 11.4. The van der Waals surface area contributed by atoms with Gasteiger partial charge in [0, 0.05) is 10.6 Å². The van der Waals surface area contributed by atoms with Crippen molar-refractivity contribution in [1.82, 2.24) is 0 Å². The van der Waals surface area contributed by atoms with E-state index >= 15 is 0 Å². The predicted octanol–water partition coefficient (Wildman–Crippen LogP) is 4.40. The van der Waals surface area contributed by atoms with E-state index in [9.17, 15) is 9.59 Å². The summed E-state index contributed by atoms with van der Waals surface area (Å²) in [7, 11) is 1.21. The zero-order valence-electron chi connectivity index (χ0n) is 11.9. The maximum absolute atomic E-state index is 11.5. The second kappa shape index (κ2) is 6.81. The van der Waals surface area contributed by atoms with E-state index in [4.69, 9.17) is 27.6 Å². The van der Waals surface area contributed by atoms with Gasteiger partial charge in [0.1, 0.15) is 17.1 Å². The largest absolute Gasteiger partial charge is 0.465 e. The van der Waals surface area contributed by atoms with Crippen molar-refractivity contribution in [3.63, 3.8) is 0 Å². The molecule has 0 saturated carbocycles. The molecule has 0 radical (unpaired) electrons. The molecule has 0 aliphatic rings. The fourth-order valence-electron chi connectivity index (χ4n) is 1.82. The van der Waals surface area contributed by atoms with Gasteiger partial charge in [0.15, 0.2) is 5.78 Å². The van der Waals surface area contributed by atoms with Gasteiger partial charge in [0.2, 0.25) is 0 Å². The first kappa shape index (κ1) is 16.3. The van der Waals surface area contributed by atoms with Gasteiger partial charge in [0.25, 0.3) is 0 Å². The van der Waals surface area contributed by atoms with Crippen molar-refractivity contribution in [3.05, 3.63) is 51.7 Å². The zero-order chi connectivity index (χ0) is 16.3. The van der Waals surface area contributed by atoms with Crippen LogP contribution in [0.5, 0.6) is 0 Å². The molecule has 2 rings (SSSR count). The molecule has 1 heterocycles. The molecule has 0 bridgehead atoms. The number of ketones is 1. The fraction of sp³-hybridized carbons (Fsp3) is 0.125. The van der Waals surface area contributed by atoms with Crippen molar-refractivity contribution in [2.24, 2.45) is 0 Å². The molecule has 1 aromatic heterocycles. The molecule has 0 atom stereocenters. The summed E-state index contributed by atoms with van der Waals surface area (Å²) in [5.74, 6) is -0.315. The molecule has 6 heteroatoms.